The van der Waals surface area contributed by atoms with Crippen LogP contribution in [0.1, 0.15) is 44.1 Å². The minimum absolute atomic E-state index is 0.0240. The Bertz CT molecular complexity index is 1160. The van der Waals surface area contributed by atoms with E-state index in [0.29, 0.717) is 38.8 Å². The van der Waals surface area contributed by atoms with Crippen LogP contribution in [-0.4, -0.2) is 114 Å². The molecule has 0 bridgehead atoms. The first kappa shape index (κ1) is 38.2. The maximum atomic E-state index is 12.9. The molecule has 2 fully saturated rings. The van der Waals surface area contributed by atoms with Gasteiger partial charge in [0.2, 0.25) is 0 Å². The molecule has 12 nitrogen and oxygen atoms in total. The molecule has 1 heterocycles. The Hall–Kier alpha value is -3.24. The molecule has 0 unspecified atom stereocenters. The fourth-order valence-corrected chi connectivity index (χ4v) is 5.72. The van der Waals surface area contributed by atoms with Crippen LogP contribution in [0, 0.1) is 22.0 Å². The van der Waals surface area contributed by atoms with Crippen molar-refractivity contribution < 1.29 is 52.7 Å². The molecule has 1 saturated carbocycles. The number of rotatable bonds is 19. The number of aliphatic hydroxyl groups is 3. The molecule has 1 aliphatic heterocycles. The van der Waals surface area contributed by atoms with E-state index in [2.05, 4.69) is 14.6 Å². The lowest BCUT2D eigenvalue weighted by Crippen LogP contribution is -2.47. The number of alkyl halides is 3. The lowest BCUT2D eigenvalue weighted by molar-refractivity contribution is -0.757. The van der Waals surface area contributed by atoms with Gasteiger partial charge in [-0.3, -0.25) is 9.69 Å². The fourth-order valence-electron chi connectivity index (χ4n) is 5.72. The van der Waals surface area contributed by atoms with E-state index < -0.39 is 41.1 Å². The van der Waals surface area contributed by atoms with Crippen LogP contribution in [0.3, 0.4) is 0 Å². The molecule has 47 heavy (non-hydrogen) atoms. The monoisotopic (exact) mass is 673 g/mol. The van der Waals surface area contributed by atoms with Crippen molar-refractivity contribution in [3.05, 3.63) is 64.2 Å². The van der Waals surface area contributed by atoms with Crippen molar-refractivity contribution in [2.75, 3.05) is 59.1 Å². The average molecular weight is 674 g/mol. The van der Waals surface area contributed by atoms with Crippen molar-refractivity contribution in [1.29, 1.82) is 0 Å². The Morgan fingerprint density at radius 2 is 1.79 bits per heavy atom. The number of ether oxygens (including phenoxy) is 2. The predicted octanol–water partition coefficient (Wildman–Crippen LogP) is 3.24. The Kier molecular flexibility index (Phi) is 15.9. The largest absolute Gasteiger partial charge is 0.491 e. The summed E-state index contributed by atoms with van der Waals surface area (Å²) in [5.74, 6) is -1.00. The zero-order chi connectivity index (χ0) is 34.2. The molecular formula is C32H46F3N3O9. The van der Waals surface area contributed by atoms with Crippen molar-refractivity contribution in [2.45, 2.75) is 63.0 Å². The number of hydrogen-bond acceptors (Lipinski definition) is 11. The average Bonchev–Trinajstić information content (AvgIpc) is 3.30. The van der Waals surface area contributed by atoms with E-state index in [1.807, 2.05) is 12.2 Å². The van der Waals surface area contributed by atoms with Gasteiger partial charge in [-0.1, -0.05) is 30.4 Å². The summed E-state index contributed by atoms with van der Waals surface area (Å²) < 4.78 is 49.4. The van der Waals surface area contributed by atoms with Gasteiger partial charge in [0, 0.05) is 58.0 Å². The van der Waals surface area contributed by atoms with E-state index >= 15 is 0 Å². The number of esters is 1. The van der Waals surface area contributed by atoms with E-state index in [0.717, 1.165) is 44.9 Å². The summed E-state index contributed by atoms with van der Waals surface area (Å²) in [7, 11) is 0. The lowest BCUT2D eigenvalue weighted by Gasteiger charge is -2.34. The molecule has 2 aliphatic rings. The first-order valence-electron chi connectivity index (χ1n) is 16.0. The number of unbranched alkanes of at least 4 members (excludes halogenated alkanes) is 1. The van der Waals surface area contributed by atoms with Crippen molar-refractivity contribution >= 4 is 5.97 Å². The third-order valence-electron chi connectivity index (χ3n) is 8.33. The molecule has 1 aromatic carbocycles. The fraction of sp³-hybridized carbons (Fsp3) is 0.656. The SMILES string of the molecule is O=C(CCCC=CC[C@@H]1[C@@H](C=C[C@@H](O)COc2cccc(C(F)(F)F)c2)[C@H](O)C[C@@H]1O)OCCN1CCN(CCCO[N+](=O)[O-])CC1. The number of nitrogens with zero attached hydrogens (tertiary/aromatic N) is 3. The van der Waals surface area contributed by atoms with Crippen LogP contribution in [0.15, 0.2) is 48.6 Å². The van der Waals surface area contributed by atoms with Crippen LogP contribution in [0.5, 0.6) is 5.75 Å². The highest BCUT2D eigenvalue weighted by atomic mass is 19.4. The number of carbonyl (C=O) groups is 1. The summed E-state index contributed by atoms with van der Waals surface area (Å²) in [6.45, 7) is 4.87. The number of piperazine rings is 1. The second kappa shape index (κ2) is 19.5. The standard InChI is InChI=1S/C32H46F3N3O9/c33-32(34,35)24-7-5-8-26(21-24)46-23-25(39)11-12-28-27(29(40)22-30(28)41)9-3-1-2-4-10-31(42)45-20-18-37-16-14-36(15-17-37)13-6-19-47-38(43)44/h1,3,5,7-8,11-12,21,25,27-30,39-41H,2,4,6,9-10,13-20,22-23H2/t25-,27-,28-,29+,30-/m1/s1. The predicted molar refractivity (Wildman–Crippen MR) is 165 cm³/mol. The van der Waals surface area contributed by atoms with Gasteiger partial charge >= 0.3 is 12.1 Å². The third kappa shape index (κ3) is 14.2. The second-order valence-corrected chi connectivity index (χ2v) is 11.8. The van der Waals surface area contributed by atoms with Crippen molar-refractivity contribution in [3.63, 3.8) is 0 Å². The van der Waals surface area contributed by atoms with Crippen LogP contribution < -0.4 is 4.74 Å². The van der Waals surface area contributed by atoms with Crippen LogP contribution in [0.2, 0.25) is 0 Å². The molecule has 1 aliphatic carbocycles. The number of benzene rings is 1. The molecule has 3 N–H and O–H groups in total. The highest BCUT2D eigenvalue weighted by Crippen LogP contribution is 2.36. The number of hydrogen-bond donors (Lipinski definition) is 3. The van der Waals surface area contributed by atoms with Gasteiger partial charge in [-0.25, -0.2) is 0 Å². The van der Waals surface area contributed by atoms with Gasteiger partial charge in [-0.05, 0) is 49.8 Å². The summed E-state index contributed by atoms with van der Waals surface area (Å²) >= 11 is 0. The number of allylic oxidation sites excluding steroid dienone is 2. The summed E-state index contributed by atoms with van der Waals surface area (Å²) in [6.07, 6.45) is 2.47. The summed E-state index contributed by atoms with van der Waals surface area (Å²) in [6, 6.07) is 4.38. The molecule has 1 aromatic rings. The highest BCUT2D eigenvalue weighted by Gasteiger charge is 2.39. The summed E-state index contributed by atoms with van der Waals surface area (Å²) in [5.41, 5.74) is -0.851. The molecule has 0 radical (unpaired) electrons. The number of carbonyl (C=O) groups excluding carboxylic acids is 1. The third-order valence-corrected chi connectivity index (χ3v) is 8.33. The van der Waals surface area contributed by atoms with Gasteiger partial charge in [0.05, 0.1) is 24.4 Å². The Labute approximate surface area is 272 Å². The molecule has 0 amide bonds. The molecule has 0 aromatic heterocycles. The summed E-state index contributed by atoms with van der Waals surface area (Å²) in [5, 5.41) is 40.6. The molecule has 264 valence electrons. The molecule has 0 spiro atoms. The molecule has 15 heteroatoms. The van der Waals surface area contributed by atoms with Gasteiger partial charge in [-0.2, -0.15) is 13.2 Å². The smallest absolute Gasteiger partial charge is 0.416 e. The molecule has 5 atom stereocenters. The lowest BCUT2D eigenvalue weighted by atomic mass is 9.89. The molecule has 1 saturated heterocycles. The zero-order valence-electron chi connectivity index (χ0n) is 26.4. The van der Waals surface area contributed by atoms with Crippen LogP contribution in [0.25, 0.3) is 0 Å². The number of halogens is 3. The second-order valence-electron chi connectivity index (χ2n) is 11.8. The van der Waals surface area contributed by atoms with E-state index in [1.54, 1.807) is 6.08 Å². The van der Waals surface area contributed by atoms with Crippen molar-refractivity contribution in [1.82, 2.24) is 9.80 Å². The molecule has 3 rings (SSSR count). The minimum atomic E-state index is -4.50. The maximum absolute atomic E-state index is 12.9. The molecular weight excluding hydrogens is 627 g/mol. The van der Waals surface area contributed by atoms with Crippen molar-refractivity contribution in [3.8, 4) is 5.75 Å². The first-order chi connectivity index (χ1) is 22.4. The van der Waals surface area contributed by atoms with E-state index in [-0.39, 0.29) is 43.7 Å². The number of aliphatic hydroxyl groups excluding tert-OH is 3. The van der Waals surface area contributed by atoms with E-state index in [9.17, 15) is 43.4 Å². The van der Waals surface area contributed by atoms with Gasteiger partial charge in [0.15, 0.2) is 0 Å². The zero-order valence-corrected chi connectivity index (χ0v) is 26.4. The quantitative estimate of drug-likeness (QED) is 0.0652. The summed E-state index contributed by atoms with van der Waals surface area (Å²) in [4.78, 5) is 31.1. The highest BCUT2D eigenvalue weighted by molar-refractivity contribution is 5.69. The van der Waals surface area contributed by atoms with Gasteiger partial charge in [0.1, 0.15) is 25.1 Å². The van der Waals surface area contributed by atoms with Gasteiger partial charge in [-0.15, -0.1) is 10.1 Å². The van der Waals surface area contributed by atoms with Crippen LogP contribution in [-0.2, 0) is 20.5 Å². The van der Waals surface area contributed by atoms with E-state index in [4.69, 9.17) is 9.47 Å². The Morgan fingerprint density at radius 1 is 1.06 bits per heavy atom. The van der Waals surface area contributed by atoms with Crippen LogP contribution >= 0.6 is 0 Å². The van der Waals surface area contributed by atoms with E-state index in [1.165, 1.54) is 18.2 Å². The topological polar surface area (TPSA) is 155 Å². The van der Waals surface area contributed by atoms with Gasteiger partial charge < -0.3 is 34.5 Å². The van der Waals surface area contributed by atoms with Crippen LogP contribution in [0.4, 0.5) is 13.2 Å². The maximum Gasteiger partial charge on any atom is 0.416 e. The Morgan fingerprint density at radius 3 is 2.49 bits per heavy atom. The van der Waals surface area contributed by atoms with Crippen molar-refractivity contribution in [2.24, 2.45) is 11.8 Å². The normalized spacial score (nSPS) is 23.4. The minimum Gasteiger partial charge on any atom is -0.491 e. The van der Waals surface area contributed by atoms with Gasteiger partial charge in [0.25, 0.3) is 5.09 Å². The first-order valence-corrected chi connectivity index (χ1v) is 16.0. The Balaban J connectivity index is 1.28.